The fourth-order valence-corrected chi connectivity index (χ4v) is 4.02. The van der Waals surface area contributed by atoms with Crippen LogP contribution < -0.4 is 15.0 Å². The number of anilines is 2. The van der Waals surface area contributed by atoms with Gasteiger partial charge in [-0.3, -0.25) is 4.79 Å². The molecule has 4 nitrogen and oxygen atoms in total. The average Bonchev–Trinajstić information content (AvgIpc) is 2.69. The fraction of sp³-hybridized carbons (Fsp3) is 0.381. The van der Waals surface area contributed by atoms with E-state index in [1.807, 2.05) is 24.3 Å². The van der Waals surface area contributed by atoms with Crippen LogP contribution in [0, 0.1) is 5.82 Å². The van der Waals surface area contributed by atoms with Crippen LogP contribution in [-0.2, 0) is 4.79 Å². The molecular weight excluding hydrogens is 363 g/mol. The molecule has 3 rings (SSSR count). The fourth-order valence-electron chi connectivity index (χ4n) is 3.17. The summed E-state index contributed by atoms with van der Waals surface area (Å²) in [4.78, 5) is 15.7. The highest BCUT2D eigenvalue weighted by molar-refractivity contribution is 7.99. The lowest BCUT2D eigenvalue weighted by atomic mass is 10.1. The van der Waals surface area contributed by atoms with Crippen molar-refractivity contribution >= 4 is 29.0 Å². The zero-order valence-corrected chi connectivity index (χ0v) is 16.4. The van der Waals surface area contributed by atoms with Crippen LogP contribution >= 0.6 is 11.8 Å². The first-order valence-electron chi connectivity index (χ1n) is 9.27. The number of halogens is 1. The maximum atomic E-state index is 13.7. The first kappa shape index (κ1) is 19.5. The van der Waals surface area contributed by atoms with Crippen LogP contribution in [0.4, 0.5) is 15.8 Å². The normalized spacial score (nSPS) is 14.1. The number of hydrogen-bond acceptors (Lipinski definition) is 4. The highest BCUT2D eigenvalue weighted by atomic mass is 32.2. The quantitative estimate of drug-likeness (QED) is 0.682. The molecule has 1 N–H and O–H groups in total. The van der Waals surface area contributed by atoms with Crippen molar-refractivity contribution < 1.29 is 13.9 Å². The molecule has 6 heteroatoms. The second-order valence-corrected chi connectivity index (χ2v) is 7.70. The average molecular weight is 389 g/mol. The number of ether oxygens (including phenoxy) is 1. The molecule has 1 amide bonds. The smallest absolute Gasteiger partial charge is 0.225 e. The Morgan fingerprint density at radius 2 is 1.89 bits per heavy atom. The van der Waals surface area contributed by atoms with Crippen LogP contribution in [0.2, 0.25) is 0 Å². The summed E-state index contributed by atoms with van der Waals surface area (Å²) in [5, 5.41) is 2.90. The van der Waals surface area contributed by atoms with E-state index >= 15 is 0 Å². The van der Waals surface area contributed by atoms with Gasteiger partial charge in [-0.25, -0.2) is 4.39 Å². The molecule has 0 aromatic heterocycles. The van der Waals surface area contributed by atoms with E-state index in [9.17, 15) is 9.18 Å². The van der Waals surface area contributed by atoms with E-state index in [1.165, 1.54) is 18.6 Å². The van der Waals surface area contributed by atoms with Gasteiger partial charge in [-0.2, -0.15) is 0 Å². The first-order chi connectivity index (χ1) is 13.2. The Hall–Kier alpha value is -2.21. The highest BCUT2D eigenvalue weighted by Crippen LogP contribution is 2.30. The van der Waals surface area contributed by atoms with Crippen LogP contribution in [0.25, 0.3) is 0 Å². The predicted molar refractivity (Wildman–Crippen MR) is 109 cm³/mol. The highest BCUT2D eigenvalue weighted by Gasteiger charge is 2.16. The topological polar surface area (TPSA) is 41.6 Å². The Balaban J connectivity index is 1.55. The third-order valence-corrected chi connectivity index (χ3v) is 5.60. The van der Waals surface area contributed by atoms with Crippen LogP contribution in [0.15, 0.2) is 47.4 Å². The molecule has 0 radical (unpaired) electrons. The molecular formula is C21H25FN2O2S. The number of rotatable bonds is 7. The van der Waals surface area contributed by atoms with Crippen LogP contribution in [-0.4, -0.2) is 31.9 Å². The van der Waals surface area contributed by atoms with Gasteiger partial charge in [-0.05, 0) is 61.7 Å². The molecule has 0 aliphatic carbocycles. The summed E-state index contributed by atoms with van der Waals surface area (Å²) in [7, 11) is 1.64. The molecule has 0 atom stereocenters. The van der Waals surface area contributed by atoms with Crippen molar-refractivity contribution in [3.8, 4) is 5.75 Å². The third kappa shape index (κ3) is 5.63. The van der Waals surface area contributed by atoms with Gasteiger partial charge in [-0.1, -0.05) is 0 Å². The number of piperidine rings is 1. The summed E-state index contributed by atoms with van der Waals surface area (Å²) in [6.07, 6.45) is 3.85. The number of hydrogen-bond donors (Lipinski definition) is 1. The molecule has 0 spiro atoms. The number of carbonyl (C=O) groups is 1. The monoisotopic (exact) mass is 388 g/mol. The van der Waals surface area contributed by atoms with Crippen LogP contribution in [0.3, 0.4) is 0 Å². The van der Waals surface area contributed by atoms with Crippen molar-refractivity contribution in [3.63, 3.8) is 0 Å². The molecule has 2 aromatic rings. The summed E-state index contributed by atoms with van der Waals surface area (Å²) in [6, 6.07) is 12.4. The standard InChI is InChI=1S/C21H25FN2O2S/c1-26-17-6-8-18(9-7-17)27-14-11-21(25)23-19-15-16(22)5-10-20(19)24-12-3-2-4-13-24/h5-10,15H,2-4,11-14H2,1H3,(H,23,25). The Labute approximate surface area is 164 Å². The summed E-state index contributed by atoms with van der Waals surface area (Å²) in [5.41, 5.74) is 1.48. The van der Waals surface area contributed by atoms with Gasteiger partial charge in [0.1, 0.15) is 11.6 Å². The first-order valence-corrected chi connectivity index (χ1v) is 10.3. The Bertz CT molecular complexity index is 761. The van der Waals surface area contributed by atoms with Crippen LogP contribution in [0.5, 0.6) is 5.75 Å². The minimum Gasteiger partial charge on any atom is -0.497 e. The van der Waals surface area contributed by atoms with E-state index < -0.39 is 0 Å². The zero-order valence-electron chi connectivity index (χ0n) is 15.5. The largest absolute Gasteiger partial charge is 0.497 e. The number of thioether (sulfide) groups is 1. The number of benzene rings is 2. The van der Waals surface area contributed by atoms with Crippen molar-refractivity contribution in [1.82, 2.24) is 0 Å². The van der Waals surface area contributed by atoms with Gasteiger partial charge in [0.25, 0.3) is 0 Å². The molecule has 0 unspecified atom stereocenters. The molecule has 1 aliphatic heterocycles. The van der Waals surface area contributed by atoms with E-state index in [2.05, 4.69) is 10.2 Å². The molecule has 0 saturated carbocycles. The predicted octanol–water partition coefficient (Wildman–Crippen LogP) is 4.95. The second kappa shape index (κ2) is 9.65. The molecule has 0 bridgehead atoms. The summed E-state index contributed by atoms with van der Waals surface area (Å²) < 4.78 is 18.9. The molecule has 1 saturated heterocycles. The van der Waals surface area contributed by atoms with Gasteiger partial charge in [0, 0.05) is 30.2 Å². The SMILES string of the molecule is COc1ccc(SCCC(=O)Nc2cc(F)ccc2N2CCCCC2)cc1. The summed E-state index contributed by atoms with van der Waals surface area (Å²) in [5.74, 6) is 1.04. The number of carbonyl (C=O) groups excluding carboxylic acids is 1. The maximum Gasteiger partial charge on any atom is 0.225 e. The number of methoxy groups -OCH3 is 1. The maximum absolute atomic E-state index is 13.7. The van der Waals surface area contributed by atoms with Gasteiger partial charge in [-0.15, -0.1) is 11.8 Å². The minimum atomic E-state index is -0.335. The Morgan fingerprint density at radius 3 is 2.59 bits per heavy atom. The molecule has 144 valence electrons. The van der Waals surface area contributed by atoms with Gasteiger partial charge in [0.15, 0.2) is 0 Å². The van der Waals surface area contributed by atoms with Crippen molar-refractivity contribution in [2.45, 2.75) is 30.6 Å². The third-order valence-electron chi connectivity index (χ3n) is 4.59. The van der Waals surface area contributed by atoms with Crippen molar-refractivity contribution in [2.75, 3.05) is 36.2 Å². The lowest BCUT2D eigenvalue weighted by Gasteiger charge is -2.30. The van der Waals surface area contributed by atoms with Crippen molar-refractivity contribution in [3.05, 3.63) is 48.3 Å². The summed E-state index contributed by atoms with van der Waals surface area (Å²) in [6.45, 7) is 1.89. The van der Waals surface area contributed by atoms with E-state index in [0.29, 0.717) is 17.9 Å². The second-order valence-electron chi connectivity index (χ2n) is 6.53. The number of nitrogens with zero attached hydrogens (tertiary/aromatic N) is 1. The van der Waals surface area contributed by atoms with Crippen molar-refractivity contribution in [2.24, 2.45) is 0 Å². The van der Waals surface area contributed by atoms with E-state index in [1.54, 1.807) is 24.9 Å². The minimum absolute atomic E-state index is 0.0973. The Morgan fingerprint density at radius 1 is 1.15 bits per heavy atom. The molecule has 1 fully saturated rings. The van der Waals surface area contributed by atoms with Crippen molar-refractivity contribution in [1.29, 1.82) is 0 Å². The molecule has 2 aromatic carbocycles. The summed E-state index contributed by atoms with van der Waals surface area (Å²) >= 11 is 1.61. The number of nitrogens with one attached hydrogen (secondary N) is 1. The van der Waals surface area contributed by atoms with Gasteiger partial charge >= 0.3 is 0 Å². The lowest BCUT2D eigenvalue weighted by molar-refractivity contribution is -0.115. The Kier molecular flexibility index (Phi) is 6.98. The van der Waals surface area contributed by atoms with Gasteiger partial charge in [0.2, 0.25) is 5.91 Å². The molecule has 27 heavy (non-hydrogen) atoms. The van der Waals surface area contributed by atoms with E-state index in [0.717, 1.165) is 42.3 Å². The number of amides is 1. The van der Waals surface area contributed by atoms with E-state index in [-0.39, 0.29) is 11.7 Å². The lowest BCUT2D eigenvalue weighted by Crippen LogP contribution is -2.30. The zero-order chi connectivity index (χ0) is 19.1. The van der Waals surface area contributed by atoms with Gasteiger partial charge in [0.05, 0.1) is 18.5 Å². The molecule has 1 aliphatic rings. The molecule has 1 heterocycles. The van der Waals surface area contributed by atoms with Crippen LogP contribution in [0.1, 0.15) is 25.7 Å². The van der Waals surface area contributed by atoms with E-state index in [4.69, 9.17) is 4.74 Å². The van der Waals surface area contributed by atoms with Gasteiger partial charge < -0.3 is 15.0 Å².